The molecule has 3 rings (SSSR count). The van der Waals surface area contributed by atoms with Crippen molar-refractivity contribution in [2.75, 3.05) is 27.2 Å². The second-order valence-corrected chi connectivity index (χ2v) is 7.69. The van der Waals surface area contributed by atoms with Gasteiger partial charge in [-0.05, 0) is 28.8 Å². The van der Waals surface area contributed by atoms with Crippen molar-refractivity contribution in [2.24, 2.45) is 5.92 Å². The van der Waals surface area contributed by atoms with Crippen molar-refractivity contribution in [1.29, 1.82) is 0 Å². The number of hydrogen-bond donors (Lipinski definition) is 1. The maximum atomic E-state index is 11.7. The van der Waals surface area contributed by atoms with Gasteiger partial charge in [-0.25, -0.2) is 4.79 Å². The van der Waals surface area contributed by atoms with E-state index in [1.807, 2.05) is 0 Å². The first-order valence-corrected chi connectivity index (χ1v) is 9.39. The third kappa shape index (κ3) is 6.47. The highest BCUT2D eigenvalue weighted by Gasteiger charge is 2.42. The van der Waals surface area contributed by atoms with Gasteiger partial charge in [0, 0.05) is 39.6 Å². The number of alkyl halides is 3. The highest BCUT2D eigenvalue weighted by molar-refractivity contribution is 7.07. The van der Waals surface area contributed by atoms with Gasteiger partial charge in [-0.2, -0.15) is 24.5 Å². The fraction of sp³-hybridized carbons (Fsp3) is 0.647. The lowest BCUT2D eigenvalue weighted by Crippen LogP contribution is -2.29. The lowest BCUT2D eigenvalue weighted by molar-refractivity contribution is -0.192. The molecule has 0 radical (unpaired) electrons. The minimum atomic E-state index is -5.08. The van der Waals surface area contributed by atoms with Crippen molar-refractivity contribution in [3.8, 4) is 0 Å². The van der Waals surface area contributed by atoms with E-state index in [0.717, 1.165) is 26.1 Å². The number of likely N-dealkylation sites (tertiary alicyclic amines) is 1. The standard InChI is InChI=1S/C15H22N2O2S.C2HF3O2/c1-16(2)15(18)6-13-5-12-8-17(9-14(12)19-13)7-11-3-4-20-10-11;3-2(4,5)1(6)7/h3-4,10,12-14H,5-9H2,1-2H3;(H,6,7)/t12-,13-,14+;/m0./s1. The number of aliphatic carboxylic acids is 1. The van der Waals surface area contributed by atoms with Gasteiger partial charge >= 0.3 is 12.1 Å². The van der Waals surface area contributed by atoms with Crippen molar-refractivity contribution < 1.29 is 32.6 Å². The van der Waals surface area contributed by atoms with Crippen LogP contribution in [-0.4, -0.2) is 72.4 Å². The molecule has 2 aliphatic heterocycles. The van der Waals surface area contributed by atoms with Gasteiger partial charge < -0.3 is 14.7 Å². The van der Waals surface area contributed by atoms with Crippen LogP contribution in [0.2, 0.25) is 0 Å². The summed E-state index contributed by atoms with van der Waals surface area (Å²) in [6, 6.07) is 2.19. The van der Waals surface area contributed by atoms with E-state index >= 15 is 0 Å². The maximum absolute atomic E-state index is 11.7. The van der Waals surface area contributed by atoms with Crippen molar-refractivity contribution in [3.05, 3.63) is 22.4 Å². The van der Waals surface area contributed by atoms with Gasteiger partial charge in [0.1, 0.15) is 0 Å². The Morgan fingerprint density at radius 2 is 2.04 bits per heavy atom. The van der Waals surface area contributed by atoms with Crippen LogP contribution in [0.5, 0.6) is 0 Å². The van der Waals surface area contributed by atoms with Crippen LogP contribution in [0.15, 0.2) is 16.8 Å². The number of hydrogen-bond acceptors (Lipinski definition) is 5. The molecule has 10 heteroatoms. The van der Waals surface area contributed by atoms with Crippen LogP contribution in [0.3, 0.4) is 0 Å². The molecule has 0 bridgehead atoms. The zero-order valence-electron chi connectivity index (χ0n) is 15.1. The predicted octanol–water partition coefficient (Wildman–Crippen LogP) is 2.45. The molecule has 2 aliphatic rings. The molecule has 152 valence electrons. The number of ether oxygens (including phenoxy) is 1. The van der Waals surface area contributed by atoms with E-state index in [-0.39, 0.29) is 12.0 Å². The van der Waals surface area contributed by atoms with Crippen molar-refractivity contribution in [3.63, 3.8) is 0 Å². The van der Waals surface area contributed by atoms with E-state index in [4.69, 9.17) is 14.6 Å². The SMILES string of the molecule is CN(C)C(=O)C[C@@H]1C[C@H]2CN(Cc3ccsc3)C[C@H]2O1.O=C(O)C(F)(F)F. The van der Waals surface area contributed by atoms with Crippen LogP contribution in [-0.2, 0) is 20.9 Å². The summed E-state index contributed by atoms with van der Waals surface area (Å²) < 4.78 is 37.8. The summed E-state index contributed by atoms with van der Waals surface area (Å²) in [5.41, 5.74) is 1.40. The monoisotopic (exact) mass is 408 g/mol. The van der Waals surface area contributed by atoms with Gasteiger partial charge in [0.2, 0.25) is 5.91 Å². The lowest BCUT2D eigenvalue weighted by Gasteiger charge is -2.19. The third-order valence-electron chi connectivity index (χ3n) is 4.52. The molecule has 1 amide bonds. The lowest BCUT2D eigenvalue weighted by atomic mass is 10.0. The molecule has 1 aromatic heterocycles. The fourth-order valence-corrected chi connectivity index (χ4v) is 3.89. The molecule has 2 fully saturated rings. The average molecular weight is 408 g/mol. The van der Waals surface area contributed by atoms with E-state index in [0.29, 0.717) is 18.4 Å². The molecule has 1 aromatic rings. The van der Waals surface area contributed by atoms with Gasteiger partial charge in [0.25, 0.3) is 0 Å². The second kappa shape index (κ2) is 9.03. The number of carboxylic acids is 1. The fourth-order valence-electron chi connectivity index (χ4n) is 3.23. The van der Waals surface area contributed by atoms with Crippen LogP contribution in [0.4, 0.5) is 13.2 Å². The van der Waals surface area contributed by atoms with Crippen molar-refractivity contribution in [1.82, 2.24) is 9.80 Å². The van der Waals surface area contributed by atoms with E-state index in [1.165, 1.54) is 5.56 Å². The quantitative estimate of drug-likeness (QED) is 0.829. The van der Waals surface area contributed by atoms with Gasteiger partial charge in [0.05, 0.1) is 18.6 Å². The maximum Gasteiger partial charge on any atom is 0.490 e. The number of amides is 1. The number of rotatable bonds is 4. The molecule has 2 saturated heterocycles. The molecule has 6 nitrogen and oxygen atoms in total. The molecule has 27 heavy (non-hydrogen) atoms. The Morgan fingerprint density at radius 3 is 2.52 bits per heavy atom. The molecule has 0 spiro atoms. The van der Waals surface area contributed by atoms with Crippen molar-refractivity contribution >= 4 is 23.2 Å². The Labute approximate surface area is 159 Å². The van der Waals surface area contributed by atoms with Crippen LogP contribution >= 0.6 is 11.3 Å². The minimum absolute atomic E-state index is 0.128. The smallest absolute Gasteiger partial charge is 0.475 e. The highest BCUT2D eigenvalue weighted by atomic mass is 32.1. The van der Waals surface area contributed by atoms with E-state index in [2.05, 4.69) is 21.7 Å². The first kappa shape index (κ1) is 21.6. The summed E-state index contributed by atoms with van der Waals surface area (Å²) in [7, 11) is 3.61. The first-order chi connectivity index (χ1) is 12.6. The average Bonchev–Trinajstić information content (AvgIpc) is 3.24. The van der Waals surface area contributed by atoms with Crippen LogP contribution in [0, 0.1) is 5.92 Å². The van der Waals surface area contributed by atoms with Gasteiger partial charge in [-0.3, -0.25) is 9.69 Å². The Kier molecular flexibility index (Phi) is 7.24. The number of carboxylic acid groups (broad SMARTS) is 1. The Balaban J connectivity index is 0.000000321. The van der Waals surface area contributed by atoms with Crippen LogP contribution < -0.4 is 0 Å². The normalized spacial score (nSPS) is 24.9. The molecule has 0 aliphatic carbocycles. The Hall–Kier alpha value is -1.65. The predicted molar refractivity (Wildman–Crippen MR) is 93.4 cm³/mol. The van der Waals surface area contributed by atoms with Gasteiger partial charge in [0.15, 0.2) is 0 Å². The summed E-state index contributed by atoms with van der Waals surface area (Å²) in [5.74, 6) is -1.98. The molecule has 0 unspecified atom stereocenters. The largest absolute Gasteiger partial charge is 0.490 e. The summed E-state index contributed by atoms with van der Waals surface area (Å²) in [4.78, 5) is 24.8. The first-order valence-electron chi connectivity index (χ1n) is 8.45. The number of nitrogens with zero attached hydrogens (tertiary/aromatic N) is 2. The molecule has 3 heterocycles. The number of carbonyl (C=O) groups is 2. The van der Waals surface area contributed by atoms with Crippen LogP contribution in [0.1, 0.15) is 18.4 Å². The van der Waals surface area contributed by atoms with Gasteiger partial charge in [-0.1, -0.05) is 0 Å². The van der Waals surface area contributed by atoms with Gasteiger partial charge in [-0.15, -0.1) is 0 Å². The summed E-state index contributed by atoms with van der Waals surface area (Å²) in [6.07, 6.45) is -3.06. The molecule has 0 aromatic carbocycles. The van der Waals surface area contributed by atoms with E-state index < -0.39 is 12.1 Å². The van der Waals surface area contributed by atoms with Crippen LogP contribution in [0.25, 0.3) is 0 Å². The van der Waals surface area contributed by atoms with E-state index in [1.54, 1.807) is 30.3 Å². The number of fused-ring (bicyclic) bond motifs is 1. The summed E-state index contributed by atoms with van der Waals surface area (Å²) in [5, 5.41) is 11.5. The Morgan fingerprint density at radius 1 is 1.37 bits per heavy atom. The zero-order valence-corrected chi connectivity index (χ0v) is 15.9. The molecular formula is C17H23F3N2O4S. The molecular weight excluding hydrogens is 385 g/mol. The molecule has 1 N–H and O–H groups in total. The number of thiophene rings is 1. The molecule has 3 atom stereocenters. The molecule has 0 saturated carbocycles. The third-order valence-corrected chi connectivity index (χ3v) is 5.25. The number of carbonyl (C=O) groups excluding carboxylic acids is 1. The van der Waals surface area contributed by atoms with E-state index in [9.17, 15) is 18.0 Å². The summed E-state index contributed by atoms with van der Waals surface area (Å²) in [6.45, 7) is 3.14. The van der Waals surface area contributed by atoms with Crippen molar-refractivity contribution in [2.45, 2.75) is 37.8 Å². The summed E-state index contributed by atoms with van der Waals surface area (Å²) >= 11 is 1.75. The number of halogens is 3. The highest BCUT2D eigenvalue weighted by Crippen LogP contribution is 2.35. The minimum Gasteiger partial charge on any atom is -0.475 e. The Bertz CT molecular complexity index is 623. The second-order valence-electron chi connectivity index (χ2n) is 6.91. The topological polar surface area (TPSA) is 70.1 Å². The zero-order chi connectivity index (χ0) is 20.2.